The van der Waals surface area contributed by atoms with E-state index in [4.69, 9.17) is 11.6 Å². The maximum Gasteiger partial charge on any atom is 0.235 e. The van der Waals surface area contributed by atoms with E-state index in [0.717, 1.165) is 11.1 Å². The van der Waals surface area contributed by atoms with Gasteiger partial charge in [-0.1, -0.05) is 54.1 Å². The van der Waals surface area contributed by atoms with Gasteiger partial charge in [-0.3, -0.25) is 9.00 Å². The fraction of sp³-hybridized carbons (Fsp3) is 0.235. The minimum absolute atomic E-state index is 0.204. The summed E-state index contributed by atoms with van der Waals surface area (Å²) in [5.74, 6) is 0.115. The standard InChI is InChI=1S/C17H18ClNO2S/c1-13(17(20)19-11-14-6-3-2-4-7-14)22(21)12-15-8-5-9-16(18)10-15/h2-10,13H,11-12H2,1H3,(H,19,20). The summed E-state index contributed by atoms with van der Waals surface area (Å²) >= 11 is 5.91. The molecule has 2 atom stereocenters. The second kappa shape index (κ2) is 8.11. The number of hydrogen-bond donors (Lipinski definition) is 1. The van der Waals surface area contributed by atoms with Gasteiger partial charge >= 0.3 is 0 Å². The molecule has 0 saturated carbocycles. The van der Waals surface area contributed by atoms with E-state index in [1.54, 1.807) is 19.1 Å². The van der Waals surface area contributed by atoms with Crippen molar-refractivity contribution >= 4 is 28.3 Å². The van der Waals surface area contributed by atoms with Crippen LogP contribution in [0.15, 0.2) is 54.6 Å². The minimum atomic E-state index is -1.28. The third-order valence-corrected chi connectivity index (χ3v) is 5.13. The van der Waals surface area contributed by atoms with Crippen molar-refractivity contribution < 1.29 is 9.00 Å². The predicted molar refractivity (Wildman–Crippen MR) is 91.0 cm³/mol. The van der Waals surface area contributed by atoms with Crippen molar-refractivity contribution in [3.05, 3.63) is 70.7 Å². The van der Waals surface area contributed by atoms with E-state index in [2.05, 4.69) is 5.32 Å². The molecule has 3 nitrogen and oxygen atoms in total. The van der Waals surface area contributed by atoms with E-state index < -0.39 is 16.0 Å². The Morgan fingerprint density at radius 3 is 2.50 bits per heavy atom. The number of amides is 1. The number of rotatable bonds is 6. The molecule has 0 aliphatic carbocycles. The van der Waals surface area contributed by atoms with E-state index in [1.807, 2.05) is 42.5 Å². The molecule has 0 heterocycles. The predicted octanol–water partition coefficient (Wildman–Crippen LogP) is 3.29. The molecule has 0 aliphatic rings. The molecule has 2 rings (SSSR count). The first-order chi connectivity index (χ1) is 10.6. The van der Waals surface area contributed by atoms with Gasteiger partial charge in [-0.05, 0) is 30.2 Å². The van der Waals surface area contributed by atoms with Crippen molar-refractivity contribution in [1.29, 1.82) is 0 Å². The molecule has 5 heteroatoms. The largest absolute Gasteiger partial charge is 0.351 e. The van der Waals surface area contributed by atoms with Crippen molar-refractivity contribution in [2.45, 2.75) is 24.5 Å². The highest BCUT2D eigenvalue weighted by molar-refractivity contribution is 7.85. The molecule has 0 aromatic heterocycles. The van der Waals surface area contributed by atoms with Gasteiger partial charge in [-0.15, -0.1) is 0 Å². The molecule has 2 unspecified atom stereocenters. The quantitative estimate of drug-likeness (QED) is 0.880. The lowest BCUT2D eigenvalue weighted by Gasteiger charge is -2.12. The van der Waals surface area contributed by atoms with Crippen LogP contribution in [0, 0.1) is 0 Å². The van der Waals surface area contributed by atoms with Gasteiger partial charge < -0.3 is 5.32 Å². The van der Waals surface area contributed by atoms with Crippen molar-refractivity contribution in [1.82, 2.24) is 5.32 Å². The van der Waals surface area contributed by atoms with Gasteiger partial charge in [0.05, 0.1) is 0 Å². The van der Waals surface area contributed by atoms with Gasteiger partial charge in [-0.25, -0.2) is 0 Å². The fourth-order valence-electron chi connectivity index (χ4n) is 1.96. The molecule has 0 spiro atoms. The summed E-state index contributed by atoms with van der Waals surface area (Å²) in [6.07, 6.45) is 0. The van der Waals surface area contributed by atoms with Crippen LogP contribution in [-0.2, 0) is 27.9 Å². The number of halogens is 1. The minimum Gasteiger partial charge on any atom is -0.351 e. The second-order valence-electron chi connectivity index (χ2n) is 5.00. The van der Waals surface area contributed by atoms with Crippen LogP contribution in [0.4, 0.5) is 0 Å². The van der Waals surface area contributed by atoms with E-state index in [1.165, 1.54) is 0 Å². The lowest BCUT2D eigenvalue weighted by atomic mass is 10.2. The fourth-order valence-corrected chi connectivity index (χ4v) is 3.26. The Bertz CT molecular complexity index is 661. The van der Waals surface area contributed by atoms with Crippen LogP contribution < -0.4 is 5.32 Å². The zero-order valence-corrected chi connectivity index (χ0v) is 13.9. The Morgan fingerprint density at radius 1 is 1.14 bits per heavy atom. The van der Waals surface area contributed by atoms with Crippen LogP contribution in [0.25, 0.3) is 0 Å². The van der Waals surface area contributed by atoms with Crippen LogP contribution in [-0.4, -0.2) is 15.4 Å². The molecular weight excluding hydrogens is 318 g/mol. The summed E-state index contributed by atoms with van der Waals surface area (Å²) in [6.45, 7) is 2.12. The van der Waals surface area contributed by atoms with Gasteiger partial charge in [0, 0.05) is 28.1 Å². The molecule has 2 aromatic rings. The number of nitrogens with one attached hydrogen (secondary N) is 1. The van der Waals surface area contributed by atoms with Gasteiger partial charge in [0.2, 0.25) is 5.91 Å². The zero-order valence-electron chi connectivity index (χ0n) is 12.3. The number of hydrogen-bond acceptors (Lipinski definition) is 2. The van der Waals surface area contributed by atoms with Gasteiger partial charge in [-0.2, -0.15) is 0 Å². The zero-order chi connectivity index (χ0) is 15.9. The Hall–Kier alpha value is -1.65. The van der Waals surface area contributed by atoms with Crippen LogP contribution in [0.3, 0.4) is 0 Å². The van der Waals surface area contributed by atoms with Gasteiger partial charge in [0.25, 0.3) is 0 Å². The molecule has 0 bridgehead atoms. The molecule has 0 fully saturated rings. The first-order valence-corrected chi connectivity index (χ1v) is 8.75. The van der Waals surface area contributed by atoms with Crippen LogP contribution >= 0.6 is 11.6 Å². The molecule has 2 aromatic carbocycles. The maximum atomic E-state index is 12.3. The van der Waals surface area contributed by atoms with Crippen LogP contribution in [0.1, 0.15) is 18.1 Å². The molecule has 1 amide bonds. The number of carbonyl (C=O) groups excluding carboxylic acids is 1. The average molecular weight is 336 g/mol. The Labute approximate surface area is 138 Å². The topological polar surface area (TPSA) is 46.2 Å². The summed E-state index contributed by atoms with van der Waals surface area (Å²) < 4.78 is 12.3. The first kappa shape index (κ1) is 16.7. The SMILES string of the molecule is CC(C(=O)NCc1ccccc1)S(=O)Cc1cccc(Cl)c1. The summed E-state index contributed by atoms with van der Waals surface area (Å²) in [4.78, 5) is 12.1. The first-order valence-electron chi connectivity index (χ1n) is 6.99. The molecule has 22 heavy (non-hydrogen) atoms. The molecule has 1 N–H and O–H groups in total. The monoisotopic (exact) mass is 335 g/mol. The van der Waals surface area contributed by atoms with Crippen LogP contribution in [0.5, 0.6) is 0 Å². The summed E-state index contributed by atoms with van der Waals surface area (Å²) in [5.41, 5.74) is 1.89. The lowest BCUT2D eigenvalue weighted by Crippen LogP contribution is -2.35. The molecular formula is C17H18ClNO2S. The normalized spacial score (nSPS) is 13.4. The van der Waals surface area contributed by atoms with E-state index in [9.17, 15) is 9.00 Å². The van der Waals surface area contributed by atoms with Gasteiger partial charge in [0.15, 0.2) is 0 Å². The second-order valence-corrected chi connectivity index (χ2v) is 7.19. The number of benzene rings is 2. The maximum absolute atomic E-state index is 12.3. The van der Waals surface area contributed by atoms with Crippen molar-refractivity contribution in [2.75, 3.05) is 0 Å². The highest BCUT2D eigenvalue weighted by Crippen LogP contribution is 2.14. The smallest absolute Gasteiger partial charge is 0.235 e. The Balaban J connectivity index is 1.88. The third-order valence-electron chi connectivity index (χ3n) is 3.27. The molecule has 0 saturated heterocycles. The number of carbonyl (C=O) groups is 1. The molecule has 116 valence electrons. The summed E-state index contributed by atoms with van der Waals surface area (Å²) in [5, 5.41) is 2.86. The summed E-state index contributed by atoms with van der Waals surface area (Å²) in [7, 11) is -1.28. The van der Waals surface area contributed by atoms with E-state index in [-0.39, 0.29) is 5.91 Å². The van der Waals surface area contributed by atoms with Crippen molar-refractivity contribution in [3.63, 3.8) is 0 Å². The summed E-state index contributed by atoms with van der Waals surface area (Å²) in [6, 6.07) is 16.9. The van der Waals surface area contributed by atoms with Crippen molar-refractivity contribution in [3.8, 4) is 0 Å². The van der Waals surface area contributed by atoms with E-state index in [0.29, 0.717) is 17.3 Å². The van der Waals surface area contributed by atoms with Crippen LogP contribution in [0.2, 0.25) is 5.02 Å². The van der Waals surface area contributed by atoms with E-state index >= 15 is 0 Å². The Kier molecular flexibility index (Phi) is 6.16. The highest BCUT2D eigenvalue weighted by atomic mass is 35.5. The van der Waals surface area contributed by atoms with Gasteiger partial charge in [0.1, 0.15) is 5.25 Å². The molecule has 0 radical (unpaired) electrons. The highest BCUT2D eigenvalue weighted by Gasteiger charge is 2.19. The third kappa shape index (κ3) is 4.97. The lowest BCUT2D eigenvalue weighted by molar-refractivity contribution is -0.120. The van der Waals surface area contributed by atoms with Crippen molar-refractivity contribution in [2.24, 2.45) is 0 Å². The Morgan fingerprint density at radius 2 is 1.82 bits per heavy atom. The average Bonchev–Trinajstić information content (AvgIpc) is 2.53. The molecule has 0 aliphatic heterocycles.